The molecule has 152 valence electrons. The summed E-state index contributed by atoms with van der Waals surface area (Å²) in [7, 11) is 3.10. The third-order valence-electron chi connectivity index (χ3n) is 4.43. The highest BCUT2D eigenvalue weighted by Crippen LogP contribution is 2.40. The average molecular weight is 548 g/mol. The van der Waals surface area contributed by atoms with Crippen molar-refractivity contribution < 1.29 is 14.3 Å². The van der Waals surface area contributed by atoms with Gasteiger partial charge < -0.3 is 14.8 Å². The summed E-state index contributed by atoms with van der Waals surface area (Å²) < 4.78 is 13.3. The van der Waals surface area contributed by atoms with E-state index in [1.807, 2.05) is 36.4 Å². The van der Waals surface area contributed by atoms with Crippen LogP contribution in [0.2, 0.25) is 0 Å². The quantitative estimate of drug-likeness (QED) is 0.300. The van der Waals surface area contributed by atoms with Crippen LogP contribution in [0.15, 0.2) is 63.5 Å². The maximum Gasteiger partial charge on any atom is 0.255 e. The third kappa shape index (κ3) is 4.21. The fraction of sp³-hybridized carbons (Fsp3) is 0.0909. The minimum absolute atomic E-state index is 0.280. The van der Waals surface area contributed by atoms with E-state index in [4.69, 9.17) is 14.5 Å². The van der Waals surface area contributed by atoms with Gasteiger partial charge >= 0.3 is 0 Å². The Hall–Kier alpha value is -2.42. The van der Waals surface area contributed by atoms with Gasteiger partial charge in [-0.1, -0.05) is 28.1 Å². The lowest BCUT2D eigenvalue weighted by molar-refractivity contribution is 0.102. The normalized spacial score (nSPS) is 10.8. The topological polar surface area (TPSA) is 60.5 Å². The molecular weight excluding hydrogens is 532 g/mol. The van der Waals surface area contributed by atoms with Crippen LogP contribution in [-0.4, -0.2) is 25.1 Å². The maximum absolute atomic E-state index is 13.1. The first-order valence-corrected chi connectivity index (χ1v) is 11.3. The molecule has 0 atom stereocenters. The number of thiazole rings is 1. The van der Waals surface area contributed by atoms with E-state index in [9.17, 15) is 4.79 Å². The van der Waals surface area contributed by atoms with Gasteiger partial charge in [-0.05, 0) is 52.3 Å². The van der Waals surface area contributed by atoms with Crippen LogP contribution in [0.25, 0.3) is 20.8 Å². The second kappa shape index (κ2) is 8.75. The van der Waals surface area contributed by atoms with Crippen LogP contribution in [0.4, 0.5) is 5.69 Å². The van der Waals surface area contributed by atoms with Crippen molar-refractivity contribution in [3.05, 3.63) is 69.1 Å². The summed E-state index contributed by atoms with van der Waals surface area (Å²) in [5.74, 6) is 0.805. The van der Waals surface area contributed by atoms with Gasteiger partial charge in [-0.25, -0.2) is 4.98 Å². The molecule has 0 radical (unpaired) electrons. The fourth-order valence-electron chi connectivity index (χ4n) is 2.98. The Kier molecular flexibility index (Phi) is 6.08. The number of fused-ring (bicyclic) bond motifs is 1. The molecule has 4 aromatic rings. The Morgan fingerprint density at radius 1 is 1.00 bits per heavy atom. The second-order valence-electron chi connectivity index (χ2n) is 6.35. The molecule has 3 aromatic carbocycles. The molecular formula is C22H16Br2N2O3S. The summed E-state index contributed by atoms with van der Waals surface area (Å²) in [6.07, 6.45) is 0. The number of anilines is 1. The largest absolute Gasteiger partial charge is 0.497 e. The van der Waals surface area contributed by atoms with E-state index < -0.39 is 0 Å². The summed E-state index contributed by atoms with van der Waals surface area (Å²) in [6.45, 7) is 0. The van der Waals surface area contributed by atoms with Crippen LogP contribution in [0.5, 0.6) is 11.5 Å². The van der Waals surface area contributed by atoms with Crippen LogP contribution in [0.1, 0.15) is 10.4 Å². The number of carbonyl (C=O) groups excluding carboxylic acids is 1. The van der Waals surface area contributed by atoms with Crippen molar-refractivity contribution in [1.29, 1.82) is 0 Å². The van der Waals surface area contributed by atoms with Crippen molar-refractivity contribution >= 4 is 65.0 Å². The Bertz CT molecular complexity index is 1200. The summed E-state index contributed by atoms with van der Waals surface area (Å²) >= 11 is 8.69. The number of nitrogens with one attached hydrogen (secondary N) is 1. The van der Waals surface area contributed by atoms with Crippen LogP contribution < -0.4 is 14.8 Å². The number of halogens is 2. The predicted octanol–water partition coefficient (Wildman–Crippen LogP) is 6.76. The number of methoxy groups -OCH3 is 2. The second-order valence-corrected chi connectivity index (χ2v) is 9.15. The molecule has 30 heavy (non-hydrogen) atoms. The molecule has 0 aliphatic heterocycles. The van der Waals surface area contributed by atoms with E-state index in [0.29, 0.717) is 22.7 Å². The van der Waals surface area contributed by atoms with Crippen molar-refractivity contribution in [1.82, 2.24) is 4.98 Å². The van der Waals surface area contributed by atoms with E-state index in [1.165, 1.54) is 0 Å². The van der Waals surface area contributed by atoms with E-state index in [0.717, 1.165) is 29.7 Å². The highest BCUT2D eigenvalue weighted by atomic mass is 79.9. The van der Waals surface area contributed by atoms with E-state index in [1.54, 1.807) is 43.8 Å². The Morgan fingerprint density at radius 2 is 1.70 bits per heavy atom. The zero-order chi connectivity index (χ0) is 21.3. The first kappa shape index (κ1) is 20.8. The number of nitrogens with zero attached hydrogens (tertiary/aromatic N) is 1. The number of amides is 1. The smallest absolute Gasteiger partial charge is 0.255 e. The molecule has 0 unspecified atom stereocenters. The lowest BCUT2D eigenvalue weighted by Gasteiger charge is -2.14. The molecule has 0 aliphatic rings. The Morgan fingerprint density at radius 3 is 2.37 bits per heavy atom. The number of para-hydroxylation sites is 1. The van der Waals surface area contributed by atoms with Gasteiger partial charge in [0.05, 0.1) is 30.1 Å². The van der Waals surface area contributed by atoms with Gasteiger partial charge in [-0.3, -0.25) is 4.79 Å². The summed E-state index contributed by atoms with van der Waals surface area (Å²) in [5.41, 5.74) is 2.81. The zero-order valence-corrected chi connectivity index (χ0v) is 20.0. The number of carbonyl (C=O) groups is 1. The van der Waals surface area contributed by atoms with Gasteiger partial charge in [0.15, 0.2) is 0 Å². The molecule has 1 amide bonds. The molecule has 4 rings (SSSR count). The number of rotatable bonds is 5. The Balaban J connectivity index is 1.77. The fourth-order valence-corrected chi connectivity index (χ4v) is 5.29. The van der Waals surface area contributed by atoms with Gasteiger partial charge in [0.2, 0.25) is 0 Å². The van der Waals surface area contributed by atoms with E-state index in [2.05, 4.69) is 37.2 Å². The highest BCUT2D eigenvalue weighted by molar-refractivity contribution is 9.11. The van der Waals surface area contributed by atoms with Crippen molar-refractivity contribution in [2.24, 2.45) is 0 Å². The first-order chi connectivity index (χ1) is 14.5. The van der Waals surface area contributed by atoms with E-state index in [-0.39, 0.29) is 5.91 Å². The minimum atomic E-state index is -0.280. The first-order valence-electron chi connectivity index (χ1n) is 8.88. The lowest BCUT2D eigenvalue weighted by Crippen LogP contribution is -2.13. The molecule has 0 saturated carbocycles. The van der Waals surface area contributed by atoms with Gasteiger partial charge in [0.1, 0.15) is 16.5 Å². The SMILES string of the molecule is COc1cc(OC)cc(C(=O)Nc2c(Br)cc(Br)cc2-c2nc3ccccc3s2)c1. The molecule has 0 spiro atoms. The summed E-state index contributed by atoms with van der Waals surface area (Å²) in [4.78, 5) is 17.8. The molecule has 1 N–H and O–H groups in total. The molecule has 0 bridgehead atoms. The van der Waals surface area contributed by atoms with Gasteiger partial charge in [0.25, 0.3) is 5.91 Å². The zero-order valence-electron chi connectivity index (χ0n) is 16.0. The van der Waals surface area contributed by atoms with Crippen LogP contribution in [-0.2, 0) is 0 Å². The highest BCUT2D eigenvalue weighted by Gasteiger charge is 2.18. The average Bonchev–Trinajstić information content (AvgIpc) is 3.19. The molecule has 1 heterocycles. The summed E-state index contributed by atoms with van der Waals surface area (Å²) in [5, 5.41) is 3.83. The molecule has 8 heteroatoms. The molecule has 0 saturated heterocycles. The predicted molar refractivity (Wildman–Crippen MR) is 128 cm³/mol. The molecule has 1 aromatic heterocycles. The molecule has 0 fully saturated rings. The number of aromatic nitrogens is 1. The van der Waals surface area contributed by atoms with Gasteiger partial charge in [-0.15, -0.1) is 11.3 Å². The Labute approximate surface area is 194 Å². The summed E-state index contributed by atoms with van der Waals surface area (Å²) in [6, 6.07) is 16.8. The van der Waals surface area contributed by atoms with Crippen LogP contribution in [0.3, 0.4) is 0 Å². The number of hydrogen-bond donors (Lipinski definition) is 1. The van der Waals surface area contributed by atoms with Crippen molar-refractivity contribution in [2.45, 2.75) is 0 Å². The van der Waals surface area contributed by atoms with Crippen LogP contribution in [0, 0.1) is 0 Å². The van der Waals surface area contributed by atoms with Gasteiger partial charge in [-0.2, -0.15) is 0 Å². The van der Waals surface area contributed by atoms with Crippen molar-refractivity contribution in [2.75, 3.05) is 19.5 Å². The molecule has 5 nitrogen and oxygen atoms in total. The monoisotopic (exact) mass is 546 g/mol. The van der Waals surface area contributed by atoms with Crippen molar-refractivity contribution in [3.8, 4) is 22.1 Å². The minimum Gasteiger partial charge on any atom is -0.497 e. The van der Waals surface area contributed by atoms with E-state index >= 15 is 0 Å². The van der Waals surface area contributed by atoms with Crippen LogP contribution >= 0.6 is 43.2 Å². The number of benzene rings is 3. The maximum atomic E-state index is 13.1. The van der Waals surface area contributed by atoms with Gasteiger partial charge in [0, 0.05) is 26.1 Å². The third-order valence-corrected chi connectivity index (χ3v) is 6.58. The lowest BCUT2D eigenvalue weighted by atomic mass is 10.1. The standard InChI is InChI=1S/C22H16Br2N2O3S/c1-28-14-7-12(8-15(11-14)29-2)21(27)26-20-16(9-13(23)10-17(20)24)22-25-18-5-3-4-6-19(18)30-22/h3-11H,1-2H3,(H,26,27). The van der Waals surface area contributed by atoms with Crippen molar-refractivity contribution in [3.63, 3.8) is 0 Å². The number of hydrogen-bond acceptors (Lipinski definition) is 5. The number of ether oxygens (including phenoxy) is 2. The molecule has 0 aliphatic carbocycles.